The van der Waals surface area contributed by atoms with Crippen molar-refractivity contribution in [3.8, 4) is 5.75 Å². The molecule has 1 fully saturated rings. The normalized spacial score (nSPS) is 21.3. The van der Waals surface area contributed by atoms with Crippen LogP contribution in [0, 0.1) is 11.7 Å². The molecule has 0 radical (unpaired) electrons. The van der Waals surface area contributed by atoms with E-state index < -0.39 is 0 Å². The molecule has 1 aliphatic heterocycles. The van der Waals surface area contributed by atoms with Gasteiger partial charge in [-0.05, 0) is 31.2 Å². The summed E-state index contributed by atoms with van der Waals surface area (Å²) in [5.41, 5.74) is 8.57. The van der Waals surface area contributed by atoms with Crippen LogP contribution in [0.25, 0.3) is 0 Å². The van der Waals surface area contributed by atoms with Gasteiger partial charge in [0.1, 0.15) is 0 Å². The largest absolute Gasteiger partial charge is 0.494 e. The molecule has 0 saturated carbocycles. The van der Waals surface area contributed by atoms with Gasteiger partial charge in [0, 0.05) is 25.6 Å². The molecule has 22 heavy (non-hydrogen) atoms. The highest BCUT2D eigenvalue weighted by molar-refractivity contribution is 5.31. The van der Waals surface area contributed by atoms with E-state index in [-0.39, 0.29) is 17.6 Å². The van der Waals surface area contributed by atoms with Crippen molar-refractivity contribution >= 4 is 0 Å². The van der Waals surface area contributed by atoms with Gasteiger partial charge in [-0.15, -0.1) is 0 Å². The molecule has 4 nitrogen and oxygen atoms in total. The summed E-state index contributed by atoms with van der Waals surface area (Å²) in [7, 11) is 1.48. The number of nitrogens with one attached hydrogen (secondary N) is 2. The summed E-state index contributed by atoms with van der Waals surface area (Å²) in [5.74, 6) is 0.345. The van der Waals surface area contributed by atoms with Gasteiger partial charge in [0.15, 0.2) is 11.6 Å². The molecule has 5 heteroatoms. The minimum atomic E-state index is -0.318. The third-order valence-electron chi connectivity index (χ3n) is 4.06. The molecule has 2 rings (SSSR count). The summed E-state index contributed by atoms with van der Waals surface area (Å²) in [6, 6.07) is 5.27. The monoisotopic (exact) mass is 307 g/mol. The van der Waals surface area contributed by atoms with Crippen LogP contribution in [0.2, 0.25) is 0 Å². The zero-order valence-electron chi connectivity index (χ0n) is 13.7. The van der Waals surface area contributed by atoms with Crippen LogP contribution < -0.4 is 15.6 Å². The Bertz CT molecular complexity index is 521. The first kappa shape index (κ1) is 16.9. The van der Waals surface area contributed by atoms with Gasteiger partial charge < -0.3 is 4.74 Å². The third-order valence-corrected chi connectivity index (χ3v) is 4.06. The molecule has 0 aromatic heterocycles. The Morgan fingerprint density at radius 1 is 1.50 bits per heavy atom. The van der Waals surface area contributed by atoms with Crippen molar-refractivity contribution < 1.29 is 9.13 Å². The quantitative estimate of drug-likeness (QED) is 0.759. The smallest absolute Gasteiger partial charge is 0.165 e. The van der Waals surface area contributed by atoms with E-state index in [1.54, 1.807) is 12.1 Å². The summed E-state index contributed by atoms with van der Waals surface area (Å²) >= 11 is 0. The maximum Gasteiger partial charge on any atom is 0.165 e. The van der Waals surface area contributed by atoms with Crippen molar-refractivity contribution in [1.29, 1.82) is 0 Å². The van der Waals surface area contributed by atoms with Gasteiger partial charge in [0.05, 0.1) is 13.2 Å². The molecule has 2 atom stereocenters. The number of rotatable bonds is 7. The minimum absolute atomic E-state index is 0.0968. The van der Waals surface area contributed by atoms with Crippen molar-refractivity contribution in [2.45, 2.75) is 19.9 Å². The number of halogens is 1. The van der Waals surface area contributed by atoms with E-state index in [1.807, 2.05) is 13.0 Å². The molecular weight excluding hydrogens is 281 g/mol. The fraction of sp³-hybridized carbons (Fsp3) is 0.529. The van der Waals surface area contributed by atoms with Gasteiger partial charge in [0.25, 0.3) is 0 Å². The number of methoxy groups -OCH3 is 1. The molecule has 122 valence electrons. The molecule has 1 heterocycles. The predicted molar refractivity (Wildman–Crippen MR) is 87.2 cm³/mol. The Morgan fingerprint density at radius 3 is 2.86 bits per heavy atom. The molecule has 2 N–H and O–H groups in total. The lowest BCUT2D eigenvalue weighted by Crippen LogP contribution is -2.34. The number of hydrogen-bond donors (Lipinski definition) is 2. The molecule has 1 aromatic carbocycles. The molecule has 0 spiro atoms. The van der Waals surface area contributed by atoms with Gasteiger partial charge in [-0.2, -0.15) is 0 Å². The predicted octanol–water partition coefficient (Wildman–Crippen LogP) is 2.50. The second-order valence-corrected chi connectivity index (χ2v) is 5.94. The van der Waals surface area contributed by atoms with Crippen LogP contribution in [0.15, 0.2) is 30.4 Å². The first-order valence-corrected chi connectivity index (χ1v) is 7.73. The Kier molecular flexibility index (Phi) is 5.94. The average molecular weight is 307 g/mol. The minimum Gasteiger partial charge on any atom is -0.494 e. The second kappa shape index (κ2) is 7.72. The Labute approximate surface area is 132 Å². The number of nitrogens with zero attached hydrogens (tertiary/aromatic N) is 1. The highest BCUT2D eigenvalue weighted by atomic mass is 19.1. The van der Waals surface area contributed by atoms with E-state index in [9.17, 15) is 4.39 Å². The Hall–Kier alpha value is -1.43. The van der Waals surface area contributed by atoms with Crippen LogP contribution in [0.4, 0.5) is 4.39 Å². The van der Waals surface area contributed by atoms with E-state index in [1.165, 1.54) is 7.11 Å². The molecule has 0 bridgehead atoms. The van der Waals surface area contributed by atoms with E-state index in [4.69, 9.17) is 4.74 Å². The highest BCUT2D eigenvalue weighted by Crippen LogP contribution is 2.29. The molecular formula is C17H26FN3O. The lowest BCUT2D eigenvalue weighted by Gasteiger charge is -2.27. The summed E-state index contributed by atoms with van der Waals surface area (Å²) in [6.07, 6.45) is 0. The molecule has 2 unspecified atom stereocenters. The maximum atomic E-state index is 13.9. The van der Waals surface area contributed by atoms with Crippen molar-refractivity contribution in [3.05, 3.63) is 41.7 Å². The van der Waals surface area contributed by atoms with Crippen LogP contribution in [-0.2, 0) is 0 Å². The van der Waals surface area contributed by atoms with E-state index in [0.29, 0.717) is 5.92 Å². The summed E-state index contributed by atoms with van der Waals surface area (Å²) < 4.78 is 18.9. The fourth-order valence-electron chi connectivity index (χ4n) is 2.96. The lowest BCUT2D eigenvalue weighted by atomic mass is 9.94. The van der Waals surface area contributed by atoms with Crippen molar-refractivity contribution in [2.24, 2.45) is 5.92 Å². The van der Waals surface area contributed by atoms with Crippen LogP contribution in [0.3, 0.4) is 0 Å². The van der Waals surface area contributed by atoms with Gasteiger partial charge in [-0.1, -0.05) is 25.1 Å². The molecule has 1 aromatic rings. The first-order valence-electron chi connectivity index (χ1n) is 7.73. The van der Waals surface area contributed by atoms with E-state index in [2.05, 4.69) is 29.3 Å². The zero-order valence-corrected chi connectivity index (χ0v) is 13.7. The van der Waals surface area contributed by atoms with Gasteiger partial charge in [0.2, 0.25) is 0 Å². The van der Waals surface area contributed by atoms with Crippen molar-refractivity contribution in [1.82, 2.24) is 15.8 Å². The fourth-order valence-corrected chi connectivity index (χ4v) is 2.96. The Balaban J connectivity index is 2.09. The van der Waals surface area contributed by atoms with Crippen LogP contribution >= 0.6 is 0 Å². The molecule has 1 saturated heterocycles. The van der Waals surface area contributed by atoms with E-state index in [0.717, 1.165) is 37.3 Å². The number of likely N-dealkylation sites (N-methyl/N-ethyl adjacent to an activating group) is 1. The summed E-state index contributed by atoms with van der Waals surface area (Å²) in [4.78, 5) is 2.37. The van der Waals surface area contributed by atoms with Crippen LogP contribution in [0.5, 0.6) is 5.75 Å². The number of benzene rings is 1. The topological polar surface area (TPSA) is 36.5 Å². The van der Waals surface area contributed by atoms with Crippen molar-refractivity contribution in [3.63, 3.8) is 0 Å². The molecule has 0 aliphatic carbocycles. The van der Waals surface area contributed by atoms with E-state index >= 15 is 0 Å². The Morgan fingerprint density at radius 2 is 2.27 bits per heavy atom. The summed E-state index contributed by atoms with van der Waals surface area (Å²) in [6.45, 7) is 11.9. The van der Waals surface area contributed by atoms with Crippen LogP contribution in [-0.4, -0.2) is 38.2 Å². The SMILES string of the molecule is C=C(C)CN(CC)CC1CNNC1c1ccc(OC)c(F)c1. The maximum absolute atomic E-state index is 13.9. The zero-order chi connectivity index (χ0) is 16.1. The van der Waals surface area contributed by atoms with Gasteiger partial charge >= 0.3 is 0 Å². The van der Waals surface area contributed by atoms with Gasteiger partial charge in [-0.3, -0.25) is 10.3 Å². The third kappa shape index (κ3) is 4.06. The molecule has 1 aliphatic rings. The summed E-state index contributed by atoms with van der Waals surface area (Å²) in [5, 5.41) is 0. The van der Waals surface area contributed by atoms with Crippen LogP contribution in [0.1, 0.15) is 25.5 Å². The number of ether oxygens (including phenoxy) is 1. The first-order chi connectivity index (χ1) is 10.5. The number of hydrazine groups is 1. The van der Waals surface area contributed by atoms with Crippen molar-refractivity contribution in [2.75, 3.05) is 33.3 Å². The highest BCUT2D eigenvalue weighted by Gasteiger charge is 2.30. The lowest BCUT2D eigenvalue weighted by molar-refractivity contribution is 0.252. The standard InChI is InChI=1S/C17H26FN3O/c1-5-21(10-12(2)3)11-14-9-19-20-17(14)13-6-7-16(22-4)15(18)8-13/h6-8,14,17,19-20H,2,5,9-11H2,1,3-4H3. The van der Waals surface area contributed by atoms with Gasteiger partial charge in [-0.25, -0.2) is 9.82 Å². The average Bonchev–Trinajstić information content (AvgIpc) is 2.94. The number of hydrogen-bond acceptors (Lipinski definition) is 4. The molecule has 0 amide bonds. The second-order valence-electron chi connectivity index (χ2n) is 5.94.